The van der Waals surface area contributed by atoms with Gasteiger partial charge in [-0.15, -0.1) is 0 Å². The lowest BCUT2D eigenvalue weighted by molar-refractivity contribution is 0.227. The van der Waals surface area contributed by atoms with Crippen LogP contribution < -0.4 is 10.5 Å². The number of ether oxygens (including phenoxy) is 1. The van der Waals surface area contributed by atoms with Gasteiger partial charge in [-0.1, -0.05) is 33.1 Å². The van der Waals surface area contributed by atoms with Crippen molar-refractivity contribution in [3.05, 3.63) is 17.8 Å². The van der Waals surface area contributed by atoms with Gasteiger partial charge in [0.1, 0.15) is 11.8 Å². The van der Waals surface area contributed by atoms with E-state index < -0.39 is 0 Å². The van der Waals surface area contributed by atoms with Crippen molar-refractivity contribution in [1.29, 1.82) is 5.26 Å². The maximum atomic E-state index is 8.87. The van der Waals surface area contributed by atoms with Crippen LogP contribution in [0.5, 0.6) is 5.88 Å². The Kier molecular flexibility index (Phi) is 5.99. The third kappa shape index (κ3) is 3.92. The van der Waals surface area contributed by atoms with Crippen LogP contribution in [0.3, 0.4) is 0 Å². The van der Waals surface area contributed by atoms with Gasteiger partial charge in [-0.3, -0.25) is 0 Å². The van der Waals surface area contributed by atoms with Crippen molar-refractivity contribution in [3.63, 3.8) is 0 Å². The van der Waals surface area contributed by atoms with Gasteiger partial charge in [0.15, 0.2) is 0 Å². The molecule has 2 N–H and O–H groups in total. The highest BCUT2D eigenvalue weighted by Gasteiger charge is 2.11. The highest BCUT2D eigenvalue weighted by molar-refractivity contribution is 5.59. The van der Waals surface area contributed by atoms with Gasteiger partial charge in [-0.05, 0) is 18.4 Å². The third-order valence-electron chi connectivity index (χ3n) is 3.07. The molecular formula is C14H21N3O. The van der Waals surface area contributed by atoms with Crippen molar-refractivity contribution >= 4 is 5.69 Å². The fourth-order valence-corrected chi connectivity index (χ4v) is 1.76. The molecular weight excluding hydrogens is 226 g/mol. The van der Waals surface area contributed by atoms with Crippen LogP contribution in [0.4, 0.5) is 5.69 Å². The van der Waals surface area contributed by atoms with Gasteiger partial charge >= 0.3 is 0 Å². The van der Waals surface area contributed by atoms with E-state index in [0.717, 1.165) is 12.8 Å². The average molecular weight is 247 g/mol. The molecule has 0 fully saturated rings. The Morgan fingerprint density at radius 3 is 2.89 bits per heavy atom. The molecule has 18 heavy (non-hydrogen) atoms. The van der Waals surface area contributed by atoms with Crippen LogP contribution in [0.1, 0.15) is 45.1 Å². The Labute approximate surface area is 109 Å². The summed E-state index contributed by atoms with van der Waals surface area (Å²) >= 11 is 0. The minimum Gasteiger partial charge on any atom is -0.476 e. The summed E-state index contributed by atoms with van der Waals surface area (Å²) in [5.41, 5.74) is 6.57. The average Bonchev–Trinajstić information content (AvgIpc) is 2.40. The van der Waals surface area contributed by atoms with Crippen molar-refractivity contribution in [2.45, 2.75) is 39.5 Å². The van der Waals surface area contributed by atoms with Crippen LogP contribution in [-0.4, -0.2) is 11.6 Å². The molecule has 0 radical (unpaired) electrons. The summed E-state index contributed by atoms with van der Waals surface area (Å²) in [7, 11) is 0. The zero-order valence-electron chi connectivity index (χ0n) is 11.1. The number of hydrogen-bond acceptors (Lipinski definition) is 4. The lowest BCUT2D eigenvalue weighted by Crippen LogP contribution is -2.13. The Bertz CT molecular complexity index is 412. The molecule has 0 aliphatic carbocycles. The van der Waals surface area contributed by atoms with Crippen molar-refractivity contribution < 1.29 is 4.74 Å². The Morgan fingerprint density at radius 1 is 1.50 bits per heavy atom. The first kappa shape index (κ1) is 14.3. The lowest BCUT2D eigenvalue weighted by atomic mass is 10.0. The number of pyridine rings is 1. The van der Waals surface area contributed by atoms with Crippen LogP contribution in [0, 0.1) is 17.2 Å². The van der Waals surface area contributed by atoms with E-state index in [2.05, 4.69) is 18.8 Å². The quantitative estimate of drug-likeness (QED) is 0.803. The van der Waals surface area contributed by atoms with Gasteiger partial charge in [0.2, 0.25) is 5.88 Å². The molecule has 0 saturated carbocycles. The fourth-order valence-electron chi connectivity index (χ4n) is 1.76. The molecule has 1 unspecified atom stereocenters. The molecule has 4 nitrogen and oxygen atoms in total. The van der Waals surface area contributed by atoms with Crippen molar-refractivity contribution in [2.24, 2.45) is 5.92 Å². The van der Waals surface area contributed by atoms with E-state index in [-0.39, 0.29) is 0 Å². The normalized spacial score (nSPS) is 11.8. The third-order valence-corrected chi connectivity index (χ3v) is 3.07. The summed E-state index contributed by atoms with van der Waals surface area (Å²) < 4.78 is 5.64. The van der Waals surface area contributed by atoms with Crippen LogP contribution in [0.2, 0.25) is 0 Å². The Hall–Kier alpha value is -1.76. The van der Waals surface area contributed by atoms with E-state index in [1.807, 2.05) is 6.07 Å². The number of nitrogen functional groups attached to an aromatic ring is 1. The van der Waals surface area contributed by atoms with Crippen LogP contribution >= 0.6 is 0 Å². The van der Waals surface area contributed by atoms with Gasteiger partial charge in [0.05, 0.1) is 12.2 Å². The molecule has 1 heterocycles. The molecule has 4 heteroatoms. The number of rotatable bonds is 7. The first-order valence-electron chi connectivity index (χ1n) is 6.50. The van der Waals surface area contributed by atoms with Gasteiger partial charge < -0.3 is 10.5 Å². The first-order valence-corrected chi connectivity index (χ1v) is 6.50. The molecule has 0 aliphatic rings. The maximum Gasteiger partial charge on any atom is 0.238 e. The Morgan fingerprint density at radius 2 is 2.28 bits per heavy atom. The van der Waals surface area contributed by atoms with Crippen molar-refractivity contribution in [2.75, 3.05) is 12.3 Å². The molecule has 1 aromatic heterocycles. The molecule has 1 atom stereocenters. The number of nitrogens with two attached hydrogens (primary N) is 1. The molecule has 1 aromatic rings. The van der Waals surface area contributed by atoms with Gasteiger partial charge in [-0.25, -0.2) is 4.98 Å². The highest BCUT2D eigenvalue weighted by atomic mass is 16.5. The second-order valence-corrected chi connectivity index (χ2v) is 4.42. The van der Waals surface area contributed by atoms with Crippen molar-refractivity contribution in [3.8, 4) is 11.9 Å². The predicted molar refractivity (Wildman–Crippen MR) is 72.2 cm³/mol. The summed E-state index contributed by atoms with van der Waals surface area (Å²) in [6.45, 7) is 4.96. The number of anilines is 1. The van der Waals surface area contributed by atoms with Crippen LogP contribution in [0.15, 0.2) is 12.3 Å². The number of unbranched alkanes of at least 4 members (excludes halogenated alkanes) is 1. The summed E-state index contributed by atoms with van der Waals surface area (Å²) in [4.78, 5) is 4.08. The summed E-state index contributed by atoms with van der Waals surface area (Å²) in [6.07, 6.45) is 6.20. The van der Waals surface area contributed by atoms with E-state index in [1.54, 1.807) is 12.3 Å². The standard InChI is InChI=1S/C14H21N3O/c1-3-5-6-11(4-2)10-18-14-13(16)12(9-15)7-8-17-14/h7-8,11H,3-6,10,16H2,1-2H3. The minimum atomic E-state index is 0.338. The van der Waals surface area contributed by atoms with Gasteiger partial charge in [0.25, 0.3) is 0 Å². The monoisotopic (exact) mass is 247 g/mol. The largest absolute Gasteiger partial charge is 0.476 e. The van der Waals surface area contributed by atoms with E-state index in [9.17, 15) is 0 Å². The summed E-state index contributed by atoms with van der Waals surface area (Å²) in [6, 6.07) is 3.62. The highest BCUT2D eigenvalue weighted by Crippen LogP contribution is 2.23. The first-order chi connectivity index (χ1) is 8.72. The zero-order chi connectivity index (χ0) is 13.4. The lowest BCUT2D eigenvalue weighted by Gasteiger charge is -2.15. The fraction of sp³-hybridized carbons (Fsp3) is 0.571. The molecule has 0 aliphatic heterocycles. The smallest absolute Gasteiger partial charge is 0.238 e. The van der Waals surface area contributed by atoms with E-state index in [4.69, 9.17) is 15.7 Å². The van der Waals surface area contributed by atoms with Gasteiger partial charge in [0, 0.05) is 6.20 Å². The molecule has 0 spiro atoms. The molecule has 1 rings (SSSR count). The predicted octanol–water partition coefficient (Wildman–Crippen LogP) is 3.13. The van der Waals surface area contributed by atoms with E-state index in [1.165, 1.54) is 12.8 Å². The molecule has 0 aromatic carbocycles. The Balaban J connectivity index is 2.60. The molecule has 98 valence electrons. The summed E-state index contributed by atoms with van der Waals surface area (Å²) in [5.74, 6) is 0.904. The molecule has 0 amide bonds. The van der Waals surface area contributed by atoms with E-state index in [0.29, 0.717) is 29.7 Å². The summed E-state index contributed by atoms with van der Waals surface area (Å²) in [5, 5.41) is 8.87. The topological polar surface area (TPSA) is 71.9 Å². The van der Waals surface area contributed by atoms with Crippen molar-refractivity contribution in [1.82, 2.24) is 4.98 Å². The maximum absolute atomic E-state index is 8.87. The second kappa shape index (κ2) is 7.54. The van der Waals surface area contributed by atoms with Crippen LogP contribution in [0.25, 0.3) is 0 Å². The number of nitriles is 1. The zero-order valence-corrected chi connectivity index (χ0v) is 11.1. The minimum absolute atomic E-state index is 0.338. The SMILES string of the molecule is CCCCC(CC)COc1nccc(C#N)c1N. The second-order valence-electron chi connectivity index (χ2n) is 4.42. The number of aromatic nitrogens is 1. The van der Waals surface area contributed by atoms with Gasteiger partial charge in [-0.2, -0.15) is 5.26 Å². The molecule has 0 saturated heterocycles. The number of hydrogen-bond donors (Lipinski definition) is 1. The molecule has 0 bridgehead atoms. The van der Waals surface area contributed by atoms with Crippen LogP contribution in [-0.2, 0) is 0 Å². The number of nitrogens with zero attached hydrogens (tertiary/aromatic N) is 2. The van der Waals surface area contributed by atoms with E-state index >= 15 is 0 Å².